The Bertz CT molecular complexity index is 4350. The fraction of sp³-hybridized carbons (Fsp3) is 0.341. The molecule has 21 nitrogen and oxygen atoms in total. The minimum atomic E-state index is -3.60. The number of ether oxygens (including phenoxy) is 13. The summed E-state index contributed by atoms with van der Waals surface area (Å²) in [6.07, 6.45) is -20.6. The highest BCUT2D eigenvalue weighted by atomic mass is 28.4. The third-order valence-electron chi connectivity index (χ3n) is 20.5. The van der Waals surface area contributed by atoms with Crippen LogP contribution in [0.5, 0.6) is 0 Å². The van der Waals surface area contributed by atoms with E-state index in [1.54, 1.807) is 54.6 Å². The van der Waals surface area contributed by atoms with Crippen molar-refractivity contribution < 1.29 is 90.3 Å². The van der Waals surface area contributed by atoms with Crippen LogP contribution in [0.4, 0.5) is 4.79 Å². The van der Waals surface area contributed by atoms with Crippen molar-refractivity contribution in [2.45, 2.75) is 164 Å². The summed E-state index contributed by atoms with van der Waals surface area (Å²) in [6, 6.07) is 80.8. The van der Waals surface area contributed by atoms with E-state index in [0.29, 0.717) is 5.56 Å². The van der Waals surface area contributed by atoms with Gasteiger partial charge in [-0.1, -0.05) is 263 Å². The van der Waals surface area contributed by atoms with Crippen molar-refractivity contribution in [3.05, 3.63) is 311 Å². The number of amides is 3. The van der Waals surface area contributed by atoms with E-state index in [9.17, 15) is 14.7 Å². The van der Waals surface area contributed by atoms with Crippen LogP contribution in [-0.4, -0.2) is 161 Å². The summed E-state index contributed by atoms with van der Waals surface area (Å²) in [5.41, 5.74) is 4.38. The number of rotatable bonds is 29. The number of hydrogen-bond donors (Lipinski definition) is 2. The summed E-state index contributed by atoms with van der Waals surface area (Å²) < 4.78 is 98.7. The van der Waals surface area contributed by atoms with Crippen molar-refractivity contribution in [3.8, 4) is 0 Å². The van der Waals surface area contributed by atoms with E-state index in [2.05, 4.69) is 50.4 Å². The lowest BCUT2D eigenvalue weighted by atomic mass is 9.93. The summed E-state index contributed by atoms with van der Waals surface area (Å²) in [4.78, 5) is 60.6. The molecule has 3 amide bonds. The molecule has 110 heavy (non-hydrogen) atoms. The number of nitrogens with zero attached hydrogens (tertiary/aromatic N) is 1. The summed E-state index contributed by atoms with van der Waals surface area (Å²) in [5.74, 6) is -2.20. The van der Waals surface area contributed by atoms with Crippen LogP contribution in [0.15, 0.2) is 267 Å². The standard InChI is InChI=1S/C88H92N2O19Si/c1-58-73(97-52-59-32-13-5-14-33-59)78(98-53-60-34-15-6-16-35-60)79(99-54-61-36-17-7-18-37-61)86(103-58)109-76-71(90-80(92)67-48-29-30-49-68(67)81(90)93)84(96-51-31-50-89-87(95)101-55-62-38-19-8-20-39-62)104-70(57-102-110(88(2,3)4,65-44-25-11-26-45-65)66-46-27-12-28-47-66)74(76)108-85-72(91)77(106-82(94)63-40-21-9-22-41-63)75-69(105-85)56-100-83(107-75)64-42-23-10-24-43-64/h5-30,32-49,58,69-79,83-86,91H,31,50-57H2,1-4H3,(H,89,95)/t58-,69+,70+,71+,72+,73+,74+,75-,76+,77+,78+,79-,83?,84+,85-,86-/m0/s1. The van der Waals surface area contributed by atoms with Gasteiger partial charge < -0.3 is 76.4 Å². The first-order valence-electron chi connectivity index (χ1n) is 37.5. The number of benzene rings is 9. The molecule has 1 unspecified atom stereocenters. The van der Waals surface area contributed by atoms with Crippen molar-refractivity contribution in [3.63, 3.8) is 0 Å². The van der Waals surface area contributed by atoms with Crippen LogP contribution in [-0.2, 0) is 92.4 Å². The van der Waals surface area contributed by atoms with Crippen LogP contribution >= 0.6 is 0 Å². The Morgan fingerprint density at radius 2 is 0.991 bits per heavy atom. The SMILES string of the molecule is C[C@@H]1O[C@@H](O[C@H]2[C@H](O[C@@H]3O[C@@H]4COC(c5ccccc5)O[C@@H]4[C@H](OC(=O)c4ccccc4)[C@H]3O)[C@@H](CO[Si](c3ccccc3)(c3ccccc3)C(C)(C)C)O[C@@H](OCCCNC(=O)OCc3ccccc3)[C@@H]2N2C(=O)c3ccccc3C2=O)[C@@H](OCc2ccccc2)[C@H](OCc2ccccc2)[C@@H]1OCc1ccccc1. The molecule has 0 saturated carbocycles. The van der Waals surface area contributed by atoms with Gasteiger partial charge >= 0.3 is 12.1 Å². The van der Waals surface area contributed by atoms with Gasteiger partial charge in [-0.2, -0.15) is 0 Å². The molecule has 4 saturated heterocycles. The minimum absolute atomic E-state index is 0.00674. The molecule has 0 spiro atoms. The first-order chi connectivity index (χ1) is 53.7. The van der Waals surface area contributed by atoms with Gasteiger partial charge in [0.15, 0.2) is 31.3 Å². The molecule has 0 bridgehead atoms. The zero-order chi connectivity index (χ0) is 76.0. The minimum Gasteiger partial charge on any atom is -0.453 e. The van der Waals surface area contributed by atoms with E-state index >= 15 is 9.59 Å². The van der Waals surface area contributed by atoms with Gasteiger partial charge in [0.25, 0.3) is 20.1 Å². The number of imide groups is 1. The molecule has 2 N–H and O–H groups in total. The monoisotopic (exact) mass is 1510 g/mol. The Balaban J connectivity index is 0.920. The van der Waals surface area contributed by atoms with E-state index in [-0.39, 0.29) is 75.9 Å². The maximum atomic E-state index is 15.8. The van der Waals surface area contributed by atoms with Crippen LogP contribution in [0, 0.1) is 0 Å². The molecule has 572 valence electrons. The van der Waals surface area contributed by atoms with Gasteiger partial charge in [0.1, 0.15) is 67.6 Å². The van der Waals surface area contributed by atoms with Crippen molar-refractivity contribution in [1.29, 1.82) is 0 Å². The Labute approximate surface area is 641 Å². The summed E-state index contributed by atoms with van der Waals surface area (Å²) in [6.45, 7) is 8.00. The summed E-state index contributed by atoms with van der Waals surface area (Å²) in [5, 5.41) is 17.5. The quantitative estimate of drug-likeness (QED) is 0.0192. The van der Waals surface area contributed by atoms with E-state index in [0.717, 1.165) is 37.5 Å². The van der Waals surface area contributed by atoms with Crippen molar-refractivity contribution in [2.24, 2.45) is 0 Å². The lowest BCUT2D eigenvalue weighted by molar-refractivity contribution is -0.395. The largest absolute Gasteiger partial charge is 0.453 e. The van der Waals surface area contributed by atoms with Crippen LogP contribution in [0.3, 0.4) is 0 Å². The molecule has 5 aliphatic heterocycles. The summed E-state index contributed by atoms with van der Waals surface area (Å²) in [7, 11) is -3.60. The molecule has 9 aromatic carbocycles. The third kappa shape index (κ3) is 17.8. The number of nitrogens with one attached hydrogen (secondary N) is 1. The zero-order valence-corrected chi connectivity index (χ0v) is 62.7. The maximum Gasteiger partial charge on any atom is 0.407 e. The van der Waals surface area contributed by atoms with Crippen LogP contribution in [0.25, 0.3) is 0 Å². The second-order valence-electron chi connectivity index (χ2n) is 28.9. The highest BCUT2D eigenvalue weighted by molar-refractivity contribution is 6.99. The highest BCUT2D eigenvalue weighted by Gasteiger charge is 2.62. The molecule has 5 aliphatic rings. The smallest absolute Gasteiger partial charge is 0.407 e. The Morgan fingerprint density at radius 3 is 1.54 bits per heavy atom. The van der Waals surface area contributed by atoms with Gasteiger partial charge in [0, 0.05) is 12.1 Å². The first kappa shape index (κ1) is 77.3. The number of aliphatic hydroxyl groups is 1. The molecule has 0 aliphatic carbocycles. The van der Waals surface area contributed by atoms with Gasteiger partial charge in [0.2, 0.25) is 0 Å². The molecule has 0 radical (unpaired) electrons. The average Bonchev–Trinajstić information content (AvgIpc) is 1.22. The number of hydrogen-bond acceptors (Lipinski definition) is 19. The lowest BCUT2D eigenvalue weighted by Gasteiger charge is -2.53. The van der Waals surface area contributed by atoms with Gasteiger partial charge in [-0.15, -0.1) is 0 Å². The van der Waals surface area contributed by atoms with E-state index < -0.39 is 136 Å². The lowest BCUT2D eigenvalue weighted by Crippen LogP contribution is -2.72. The maximum absolute atomic E-state index is 15.8. The average molecular weight is 1510 g/mol. The summed E-state index contributed by atoms with van der Waals surface area (Å²) >= 11 is 0. The Kier molecular flexibility index (Phi) is 25.4. The van der Waals surface area contributed by atoms with Crippen molar-refractivity contribution in [1.82, 2.24) is 10.2 Å². The van der Waals surface area contributed by atoms with Crippen LogP contribution in [0.1, 0.15) is 99.3 Å². The molecular formula is C88H92N2O19Si. The number of fused-ring (bicyclic) bond motifs is 2. The van der Waals surface area contributed by atoms with Crippen molar-refractivity contribution in [2.75, 3.05) is 26.4 Å². The fourth-order valence-electron chi connectivity index (χ4n) is 15.1. The molecule has 22 heteroatoms. The fourth-order valence-corrected chi connectivity index (χ4v) is 19.7. The topological polar surface area (TPSA) is 233 Å². The van der Waals surface area contributed by atoms with Crippen LogP contribution < -0.4 is 15.7 Å². The van der Waals surface area contributed by atoms with Gasteiger partial charge in [-0.05, 0) is 75.3 Å². The molecule has 0 aromatic heterocycles. The molecule has 16 atom stereocenters. The van der Waals surface area contributed by atoms with Gasteiger partial charge in [-0.25, -0.2) is 9.59 Å². The number of alkyl carbamates (subject to hydrolysis) is 1. The predicted molar refractivity (Wildman–Crippen MR) is 408 cm³/mol. The number of esters is 1. The molecule has 4 fully saturated rings. The Hall–Kier alpha value is -9.44. The number of carbonyl (C=O) groups is 4. The Morgan fingerprint density at radius 1 is 0.509 bits per heavy atom. The molecule has 14 rings (SSSR count). The molecule has 5 heterocycles. The third-order valence-corrected chi connectivity index (χ3v) is 25.5. The zero-order valence-electron chi connectivity index (χ0n) is 61.7. The number of aliphatic hydroxyl groups excluding tert-OH is 1. The molecular weight excluding hydrogens is 1420 g/mol. The van der Waals surface area contributed by atoms with Crippen molar-refractivity contribution >= 4 is 42.6 Å². The first-order valence-corrected chi connectivity index (χ1v) is 39.4. The van der Waals surface area contributed by atoms with Crippen LogP contribution in [0.2, 0.25) is 5.04 Å². The van der Waals surface area contributed by atoms with Gasteiger partial charge in [-0.3, -0.25) is 14.5 Å². The molecule has 9 aromatic rings. The second kappa shape index (κ2) is 36.1. The number of carbonyl (C=O) groups excluding carboxylic acids is 4. The van der Waals surface area contributed by atoms with E-state index in [4.69, 9.17) is 66.0 Å². The normalized spacial score (nSPS) is 26.1. The second-order valence-corrected chi connectivity index (χ2v) is 33.2. The van der Waals surface area contributed by atoms with E-state index in [1.807, 2.05) is 195 Å². The highest BCUT2D eigenvalue weighted by Crippen LogP contribution is 2.44. The van der Waals surface area contributed by atoms with E-state index in [1.165, 1.54) is 0 Å². The predicted octanol–water partition coefficient (Wildman–Crippen LogP) is 12.0. The van der Waals surface area contributed by atoms with Gasteiger partial charge in [0.05, 0.1) is 62.4 Å².